The quantitative estimate of drug-likeness (QED) is 0.420. The summed E-state index contributed by atoms with van der Waals surface area (Å²) < 4.78 is 6.28. The summed E-state index contributed by atoms with van der Waals surface area (Å²) in [4.78, 5) is 42.7. The molecule has 178 valence electrons. The molecule has 3 aliphatic heterocycles. The van der Waals surface area contributed by atoms with Crippen LogP contribution in [-0.4, -0.2) is 74.7 Å². The number of benzene rings is 1. The number of fused-ring (bicyclic) bond motifs is 1. The number of para-hydroxylation sites is 1. The van der Waals surface area contributed by atoms with Crippen molar-refractivity contribution in [2.75, 3.05) is 18.1 Å². The number of amides is 2. The third-order valence-electron chi connectivity index (χ3n) is 7.27. The number of aliphatic hydroxyl groups excluding tert-OH is 1. The van der Waals surface area contributed by atoms with E-state index in [2.05, 4.69) is 22.5 Å². The average molecular weight is 521 g/mol. The number of carboxylic acids is 1. The molecule has 3 fully saturated rings. The first kappa shape index (κ1) is 23.9. The highest BCUT2D eigenvalue weighted by Crippen LogP contribution is 2.60. The molecular weight excluding hydrogens is 492 g/mol. The Morgan fingerprint density at radius 3 is 2.58 bits per heavy atom. The molecule has 7 atom stereocenters. The summed E-state index contributed by atoms with van der Waals surface area (Å²) in [5.74, 6) is -3.99. The zero-order valence-electron chi connectivity index (χ0n) is 18.9. The predicted octanol–water partition coefficient (Wildman–Crippen LogP) is 2.04. The van der Waals surface area contributed by atoms with Gasteiger partial charge in [-0.15, -0.1) is 6.58 Å². The first-order valence-corrected chi connectivity index (χ1v) is 12.0. The topological polar surface area (TPSA) is 107 Å². The van der Waals surface area contributed by atoms with Gasteiger partial charge in [-0.2, -0.15) is 0 Å². The van der Waals surface area contributed by atoms with Gasteiger partial charge in [0.2, 0.25) is 5.91 Å². The Balaban J connectivity index is 1.87. The van der Waals surface area contributed by atoms with Gasteiger partial charge in [0.1, 0.15) is 11.6 Å². The van der Waals surface area contributed by atoms with E-state index in [0.717, 1.165) is 16.8 Å². The van der Waals surface area contributed by atoms with Crippen LogP contribution in [-0.2, 0) is 19.1 Å². The van der Waals surface area contributed by atoms with E-state index < -0.39 is 47.5 Å². The molecule has 2 amide bonds. The highest BCUT2D eigenvalue weighted by atomic mass is 79.9. The van der Waals surface area contributed by atoms with E-state index in [9.17, 15) is 24.6 Å². The van der Waals surface area contributed by atoms with E-state index in [1.165, 1.54) is 4.90 Å². The van der Waals surface area contributed by atoms with E-state index in [1.807, 2.05) is 32.0 Å². The fraction of sp³-hybridized carbons (Fsp3) is 0.542. The van der Waals surface area contributed by atoms with Crippen LogP contribution >= 0.6 is 15.9 Å². The molecule has 9 heteroatoms. The molecule has 2 N–H and O–H groups in total. The fourth-order valence-corrected chi connectivity index (χ4v) is 6.93. The summed E-state index contributed by atoms with van der Waals surface area (Å²) in [6.07, 6.45) is 1.25. The van der Waals surface area contributed by atoms with Crippen LogP contribution in [0.5, 0.6) is 0 Å². The number of halogens is 1. The Morgan fingerprint density at radius 1 is 1.39 bits per heavy atom. The lowest BCUT2D eigenvalue weighted by atomic mass is 9.70. The lowest BCUT2D eigenvalue weighted by molar-refractivity contribution is -0.150. The van der Waals surface area contributed by atoms with E-state index in [4.69, 9.17) is 4.74 Å². The van der Waals surface area contributed by atoms with Crippen LogP contribution in [0.2, 0.25) is 0 Å². The summed E-state index contributed by atoms with van der Waals surface area (Å²) in [6, 6.07) is 3.99. The van der Waals surface area contributed by atoms with Gasteiger partial charge in [0.05, 0.1) is 30.6 Å². The number of alkyl halides is 1. The molecule has 1 aromatic rings. The van der Waals surface area contributed by atoms with Gasteiger partial charge >= 0.3 is 5.97 Å². The van der Waals surface area contributed by atoms with Crippen LogP contribution in [0.3, 0.4) is 0 Å². The molecule has 3 saturated heterocycles. The number of hydrogen-bond acceptors (Lipinski definition) is 5. The predicted molar refractivity (Wildman–Crippen MR) is 125 cm³/mol. The average Bonchev–Trinajstić information content (AvgIpc) is 3.35. The van der Waals surface area contributed by atoms with E-state index in [1.54, 1.807) is 17.9 Å². The lowest BCUT2D eigenvalue weighted by Gasteiger charge is -2.39. The number of nitrogens with zero attached hydrogens (tertiary/aromatic N) is 2. The molecule has 0 aromatic heterocycles. The van der Waals surface area contributed by atoms with Crippen LogP contribution in [0.25, 0.3) is 0 Å². The number of aliphatic carboxylic acids is 1. The number of aliphatic hydroxyl groups is 1. The minimum absolute atomic E-state index is 0.209. The van der Waals surface area contributed by atoms with Gasteiger partial charge in [-0.3, -0.25) is 14.4 Å². The van der Waals surface area contributed by atoms with Crippen molar-refractivity contribution >= 4 is 39.4 Å². The molecule has 3 heterocycles. The Hall–Kier alpha value is -2.23. The summed E-state index contributed by atoms with van der Waals surface area (Å²) >= 11 is 3.53. The zero-order chi connectivity index (χ0) is 24.2. The SMILES string of the molecule is C=CCN(C(=O)C1N([C@H](C)CO)C(=O)[C@@H]2[C@H](C(=O)O)[C@H]3OC12CC3Br)c1c(C)cccc1C. The van der Waals surface area contributed by atoms with Crippen molar-refractivity contribution in [3.05, 3.63) is 42.0 Å². The maximum absolute atomic E-state index is 14.3. The van der Waals surface area contributed by atoms with Gasteiger partial charge in [-0.25, -0.2) is 0 Å². The van der Waals surface area contributed by atoms with Crippen molar-refractivity contribution in [1.29, 1.82) is 0 Å². The first-order valence-electron chi connectivity index (χ1n) is 11.1. The van der Waals surface area contributed by atoms with Gasteiger partial charge in [0, 0.05) is 17.1 Å². The summed E-state index contributed by atoms with van der Waals surface area (Å²) in [7, 11) is 0. The smallest absolute Gasteiger partial charge is 0.310 e. The Labute approximate surface area is 201 Å². The molecule has 2 bridgehead atoms. The number of carbonyl (C=O) groups excluding carboxylic acids is 2. The third kappa shape index (κ3) is 3.35. The second-order valence-corrected chi connectivity index (χ2v) is 10.4. The number of ether oxygens (including phenoxy) is 1. The molecule has 0 aliphatic carbocycles. The number of hydrogen-bond donors (Lipinski definition) is 2. The number of likely N-dealkylation sites (tertiary alicyclic amines) is 1. The monoisotopic (exact) mass is 520 g/mol. The second-order valence-electron chi connectivity index (χ2n) is 9.26. The van der Waals surface area contributed by atoms with Crippen LogP contribution in [0.1, 0.15) is 24.5 Å². The summed E-state index contributed by atoms with van der Waals surface area (Å²) in [5, 5.41) is 19.9. The summed E-state index contributed by atoms with van der Waals surface area (Å²) in [6.45, 7) is 9.13. The van der Waals surface area contributed by atoms with Gasteiger partial charge in [-0.1, -0.05) is 40.2 Å². The summed E-state index contributed by atoms with van der Waals surface area (Å²) in [5.41, 5.74) is 1.23. The molecule has 33 heavy (non-hydrogen) atoms. The Kier molecular flexibility index (Phi) is 6.18. The van der Waals surface area contributed by atoms with Crippen molar-refractivity contribution in [2.45, 2.75) is 55.8 Å². The normalized spacial score (nSPS) is 33.2. The van der Waals surface area contributed by atoms with Crippen LogP contribution in [0.4, 0.5) is 5.69 Å². The second kappa shape index (κ2) is 8.52. The fourth-order valence-electron chi connectivity index (χ4n) is 5.99. The van der Waals surface area contributed by atoms with Crippen molar-refractivity contribution in [1.82, 2.24) is 4.90 Å². The van der Waals surface area contributed by atoms with Crippen molar-refractivity contribution in [3.63, 3.8) is 0 Å². The highest BCUT2D eigenvalue weighted by molar-refractivity contribution is 9.09. The lowest BCUT2D eigenvalue weighted by Crippen LogP contribution is -2.59. The standard InChI is InChI=1S/C24H29BrN2O6/c1-5-9-26(18-12(2)7-6-8-13(18)3)22(30)20-24-10-15(25)19(33-24)16(23(31)32)17(24)21(29)27(20)14(4)11-28/h5-8,14-17,19-20,28H,1,9-11H2,2-4H3,(H,31,32)/t14-,15?,16+,17+,19+,20?,24?/m1/s1. The zero-order valence-corrected chi connectivity index (χ0v) is 20.5. The van der Waals surface area contributed by atoms with E-state index >= 15 is 0 Å². The van der Waals surface area contributed by atoms with Gasteiger partial charge in [-0.05, 0) is 38.3 Å². The molecule has 0 saturated carbocycles. The Bertz CT molecular complexity index is 994. The Morgan fingerprint density at radius 2 is 2.03 bits per heavy atom. The number of carbonyl (C=O) groups is 3. The van der Waals surface area contributed by atoms with Crippen molar-refractivity contribution in [3.8, 4) is 0 Å². The minimum Gasteiger partial charge on any atom is -0.481 e. The van der Waals surface area contributed by atoms with Crippen LogP contribution in [0, 0.1) is 25.7 Å². The maximum atomic E-state index is 14.3. The van der Waals surface area contributed by atoms with Crippen molar-refractivity contribution in [2.24, 2.45) is 11.8 Å². The maximum Gasteiger partial charge on any atom is 0.310 e. The molecule has 3 unspecified atom stereocenters. The number of rotatable bonds is 7. The molecule has 1 spiro atoms. The molecule has 8 nitrogen and oxygen atoms in total. The molecule has 3 aliphatic rings. The molecule has 1 aromatic carbocycles. The minimum atomic E-state index is -1.28. The number of anilines is 1. The van der Waals surface area contributed by atoms with E-state index in [0.29, 0.717) is 6.42 Å². The molecule has 4 rings (SSSR count). The third-order valence-corrected chi connectivity index (χ3v) is 8.12. The number of aryl methyl sites for hydroxylation is 2. The molecular formula is C24H29BrN2O6. The number of carboxylic acid groups (broad SMARTS) is 1. The van der Waals surface area contributed by atoms with E-state index in [-0.39, 0.29) is 23.9 Å². The van der Waals surface area contributed by atoms with Crippen molar-refractivity contribution < 1.29 is 29.3 Å². The van der Waals surface area contributed by atoms with Crippen LogP contribution < -0.4 is 4.90 Å². The van der Waals surface area contributed by atoms with Crippen LogP contribution in [0.15, 0.2) is 30.9 Å². The van der Waals surface area contributed by atoms with Gasteiger partial charge in [0.25, 0.3) is 5.91 Å². The molecule has 0 radical (unpaired) electrons. The van der Waals surface area contributed by atoms with Gasteiger partial charge < -0.3 is 24.7 Å². The largest absolute Gasteiger partial charge is 0.481 e. The first-order chi connectivity index (χ1) is 15.6. The van der Waals surface area contributed by atoms with Gasteiger partial charge in [0.15, 0.2) is 0 Å². The highest BCUT2D eigenvalue weighted by Gasteiger charge is 2.77.